The maximum absolute atomic E-state index is 14.0. The second-order valence-corrected chi connectivity index (χ2v) is 9.46. The Morgan fingerprint density at radius 3 is 2.24 bits per heavy atom. The zero-order valence-electron chi connectivity index (χ0n) is 19.3. The lowest BCUT2D eigenvalue weighted by atomic mass is 9.87. The molecule has 1 fully saturated rings. The third kappa shape index (κ3) is 5.05. The van der Waals surface area contributed by atoms with Gasteiger partial charge in [-0.15, -0.1) is 0 Å². The standard InChI is InChI=1S/C29H31N3O2/c33-28-16-26(25-13-7-8-14-27(25)31-28)29(34)32(19-22-11-5-2-6-12-22)20-24-18-30-17-23(24)15-21-9-3-1-4-10-21/h1-14,23-24,26,30H,15-20H2,(H,31,33)/t23-,24+,26?/m1/s1. The Hall–Kier alpha value is -3.44. The number of para-hydroxylation sites is 1. The maximum atomic E-state index is 14.0. The summed E-state index contributed by atoms with van der Waals surface area (Å²) in [4.78, 5) is 28.4. The molecule has 174 valence electrons. The minimum atomic E-state index is -0.449. The van der Waals surface area contributed by atoms with E-state index in [1.165, 1.54) is 5.56 Å². The first kappa shape index (κ1) is 22.4. The fraction of sp³-hybridized carbons (Fsp3) is 0.310. The molecule has 0 bridgehead atoms. The molecule has 5 rings (SSSR count). The van der Waals surface area contributed by atoms with E-state index in [0.29, 0.717) is 24.9 Å². The maximum Gasteiger partial charge on any atom is 0.231 e. The van der Waals surface area contributed by atoms with Crippen LogP contribution >= 0.6 is 0 Å². The molecule has 34 heavy (non-hydrogen) atoms. The molecule has 0 radical (unpaired) electrons. The average molecular weight is 454 g/mol. The van der Waals surface area contributed by atoms with Crippen LogP contribution in [0.4, 0.5) is 5.69 Å². The Labute approximate surface area is 201 Å². The van der Waals surface area contributed by atoms with Crippen molar-refractivity contribution in [2.45, 2.75) is 25.3 Å². The predicted octanol–water partition coefficient (Wildman–Crippen LogP) is 4.22. The van der Waals surface area contributed by atoms with Gasteiger partial charge in [0.15, 0.2) is 0 Å². The zero-order chi connectivity index (χ0) is 23.3. The smallest absolute Gasteiger partial charge is 0.231 e. The van der Waals surface area contributed by atoms with Crippen LogP contribution in [-0.2, 0) is 22.6 Å². The minimum absolute atomic E-state index is 0.0384. The summed E-state index contributed by atoms with van der Waals surface area (Å²) in [6, 6.07) is 28.4. The monoisotopic (exact) mass is 453 g/mol. The lowest BCUT2D eigenvalue weighted by molar-refractivity contribution is -0.136. The van der Waals surface area contributed by atoms with Crippen LogP contribution < -0.4 is 10.6 Å². The summed E-state index contributed by atoms with van der Waals surface area (Å²) >= 11 is 0. The third-order valence-electron chi connectivity index (χ3n) is 7.10. The first-order valence-electron chi connectivity index (χ1n) is 12.1. The van der Waals surface area contributed by atoms with Crippen LogP contribution in [0.25, 0.3) is 0 Å². The number of rotatable bonds is 7. The van der Waals surface area contributed by atoms with Gasteiger partial charge in [-0.05, 0) is 54.1 Å². The molecule has 5 heteroatoms. The second kappa shape index (κ2) is 10.2. The van der Waals surface area contributed by atoms with Gasteiger partial charge in [0.05, 0.1) is 5.92 Å². The molecule has 0 aliphatic carbocycles. The van der Waals surface area contributed by atoms with Crippen LogP contribution in [0, 0.1) is 11.8 Å². The lowest BCUT2D eigenvalue weighted by Gasteiger charge is -2.33. The number of benzene rings is 3. The van der Waals surface area contributed by atoms with Gasteiger partial charge in [0.25, 0.3) is 0 Å². The second-order valence-electron chi connectivity index (χ2n) is 9.46. The van der Waals surface area contributed by atoms with Crippen molar-refractivity contribution in [1.82, 2.24) is 10.2 Å². The number of nitrogens with zero attached hydrogens (tertiary/aromatic N) is 1. The largest absolute Gasteiger partial charge is 0.337 e. The number of nitrogens with one attached hydrogen (secondary N) is 2. The highest BCUT2D eigenvalue weighted by atomic mass is 16.2. The van der Waals surface area contributed by atoms with Crippen molar-refractivity contribution in [2.24, 2.45) is 11.8 Å². The van der Waals surface area contributed by atoms with Crippen molar-refractivity contribution in [3.05, 3.63) is 102 Å². The van der Waals surface area contributed by atoms with E-state index in [-0.39, 0.29) is 18.2 Å². The van der Waals surface area contributed by atoms with E-state index < -0.39 is 5.92 Å². The van der Waals surface area contributed by atoms with E-state index in [9.17, 15) is 9.59 Å². The number of hydrogen-bond acceptors (Lipinski definition) is 3. The van der Waals surface area contributed by atoms with Crippen LogP contribution in [0.5, 0.6) is 0 Å². The van der Waals surface area contributed by atoms with E-state index >= 15 is 0 Å². The summed E-state index contributed by atoms with van der Waals surface area (Å²) in [5.74, 6) is 0.323. The molecule has 3 aromatic carbocycles. The molecular weight excluding hydrogens is 422 g/mol. The Kier molecular flexibility index (Phi) is 6.72. The van der Waals surface area contributed by atoms with Gasteiger partial charge in [0, 0.05) is 25.2 Å². The SMILES string of the molecule is O=C1CC(C(=O)N(Cc2ccccc2)C[C@@H]2CNC[C@H]2Cc2ccccc2)c2ccccc2N1. The van der Waals surface area contributed by atoms with E-state index in [0.717, 1.165) is 36.3 Å². The van der Waals surface area contributed by atoms with E-state index in [1.54, 1.807) is 0 Å². The van der Waals surface area contributed by atoms with Crippen molar-refractivity contribution in [1.29, 1.82) is 0 Å². The Morgan fingerprint density at radius 2 is 1.47 bits per heavy atom. The number of carbonyl (C=O) groups is 2. The number of carbonyl (C=O) groups excluding carboxylic acids is 2. The molecule has 2 amide bonds. The minimum Gasteiger partial charge on any atom is -0.337 e. The van der Waals surface area contributed by atoms with Gasteiger partial charge in [0.1, 0.15) is 0 Å². The van der Waals surface area contributed by atoms with Gasteiger partial charge in [0.2, 0.25) is 11.8 Å². The van der Waals surface area contributed by atoms with Gasteiger partial charge in [-0.3, -0.25) is 9.59 Å². The van der Waals surface area contributed by atoms with Gasteiger partial charge >= 0.3 is 0 Å². The molecule has 1 unspecified atom stereocenters. The molecule has 0 aromatic heterocycles. The molecule has 2 aliphatic rings. The quantitative estimate of drug-likeness (QED) is 0.563. The molecule has 5 nitrogen and oxygen atoms in total. The van der Waals surface area contributed by atoms with Gasteiger partial charge in [-0.2, -0.15) is 0 Å². The highest BCUT2D eigenvalue weighted by molar-refractivity contribution is 6.01. The summed E-state index contributed by atoms with van der Waals surface area (Å²) in [5.41, 5.74) is 4.10. The number of anilines is 1. The lowest BCUT2D eigenvalue weighted by Crippen LogP contribution is -2.42. The highest BCUT2D eigenvalue weighted by Gasteiger charge is 2.36. The van der Waals surface area contributed by atoms with Gasteiger partial charge in [-0.25, -0.2) is 0 Å². The van der Waals surface area contributed by atoms with Crippen molar-refractivity contribution in [2.75, 3.05) is 25.0 Å². The van der Waals surface area contributed by atoms with Gasteiger partial charge < -0.3 is 15.5 Å². The first-order valence-corrected chi connectivity index (χ1v) is 12.1. The van der Waals surface area contributed by atoms with Crippen molar-refractivity contribution in [3.8, 4) is 0 Å². The summed E-state index contributed by atoms with van der Waals surface area (Å²) in [6.07, 6.45) is 1.19. The molecule has 3 aromatic rings. The fourth-order valence-electron chi connectivity index (χ4n) is 5.33. The van der Waals surface area contributed by atoms with Crippen molar-refractivity contribution in [3.63, 3.8) is 0 Å². The average Bonchev–Trinajstić information content (AvgIpc) is 3.30. The summed E-state index contributed by atoms with van der Waals surface area (Å²) in [6.45, 7) is 3.09. The molecule has 0 saturated carbocycles. The topological polar surface area (TPSA) is 61.4 Å². The molecule has 3 atom stereocenters. The van der Waals surface area contributed by atoms with Crippen molar-refractivity contribution < 1.29 is 9.59 Å². The molecule has 2 aliphatic heterocycles. The van der Waals surface area contributed by atoms with E-state index in [1.807, 2.05) is 53.4 Å². The highest BCUT2D eigenvalue weighted by Crippen LogP contribution is 2.34. The third-order valence-corrected chi connectivity index (χ3v) is 7.10. The number of hydrogen-bond donors (Lipinski definition) is 2. The summed E-state index contributed by atoms with van der Waals surface area (Å²) in [5, 5.41) is 6.47. The normalized spacial score (nSPS) is 21.5. The molecule has 2 heterocycles. The Bertz CT molecular complexity index is 1130. The molecule has 2 N–H and O–H groups in total. The van der Waals surface area contributed by atoms with Crippen molar-refractivity contribution >= 4 is 17.5 Å². The predicted molar refractivity (Wildman–Crippen MR) is 134 cm³/mol. The van der Waals surface area contributed by atoms with E-state index in [2.05, 4.69) is 47.0 Å². The zero-order valence-corrected chi connectivity index (χ0v) is 19.3. The van der Waals surface area contributed by atoms with Crippen LogP contribution in [0.15, 0.2) is 84.9 Å². The molecule has 0 spiro atoms. The Morgan fingerprint density at radius 1 is 0.824 bits per heavy atom. The number of amides is 2. The molecule has 1 saturated heterocycles. The van der Waals surface area contributed by atoms with Crippen LogP contribution in [0.2, 0.25) is 0 Å². The Balaban J connectivity index is 1.39. The fourth-order valence-corrected chi connectivity index (χ4v) is 5.33. The van der Waals surface area contributed by atoms with Crippen LogP contribution in [0.1, 0.15) is 29.0 Å². The first-order chi connectivity index (χ1) is 16.7. The number of fused-ring (bicyclic) bond motifs is 1. The molecular formula is C29H31N3O2. The summed E-state index contributed by atoms with van der Waals surface area (Å²) < 4.78 is 0. The van der Waals surface area contributed by atoms with Gasteiger partial charge in [-0.1, -0.05) is 78.9 Å². The van der Waals surface area contributed by atoms with Crippen LogP contribution in [0.3, 0.4) is 0 Å². The van der Waals surface area contributed by atoms with E-state index in [4.69, 9.17) is 0 Å². The summed E-state index contributed by atoms with van der Waals surface area (Å²) in [7, 11) is 0. The van der Waals surface area contributed by atoms with Crippen LogP contribution in [-0.4, -0.2) is 36.3 Å².